The molecular weight excluding hydrogens is 364 g/mol. The fourth-order valence-electron chi connectivity index (χ4n) is 3.16. The molecule has 8 heteroatoms. The maximum Gasteiger partial charge on any atom is 0.298 e. The molecule has 0 bridgehead atoms. The number of ether oxygens (including phenoxy) is 1. The Morgan fingerprint density at radius 3 is 2.93 bits per heavy atom. The Balaban J connectivity index is 1.53. The first-order chi connectivity index (χ1) is 13.2. The Morgan fingerprint density at radius 1 is 1.30 bits per heavy atom. The van der Waals surface area contributed by atoms with Crippen molar-refractivity contribution in [2.24, 2.45) is 0 Å². The van der Waals surface area contributed by atoms with E-state index in [0.29, 0.717) is 11.7 Å². The summed E-state index contributed by atoms with van der Waals surface area (Å²) in [5, 5.41) is 4.36. The number of aryl methyl sites for hydroxylation is 1. The van der Waals surface area contributed by atoms with Crippen LogP contribution in [0.2, 0.25) is 0 Å². The number of amides is 1. The van der Waals surface area contributed by atoms with Crippen molar-refractivity contribution in [3.63, 3.8) is 0 Å². The summed E-state index contributed by atoms with van der Waals surface area (Å²) in [6.45, 7) is 6.99. The van der Waals surface area contributed by atoms with E-state index >= 15 is 0 Å². The lowest BCUT2D eigenvalue weighted by atomic mass is 10.2. The summed E-state index contributed by atoms with van der Waals surface area (Å²) < 4.78 is 11.6. The number of morpholine rings is 1. The van der Waals surface area contributed by atoms with Crippen molar-refractivity contribution in [2.75, 3.05) is 44.3 Å². The first-order valence-electron chi connectivity index (χ1n) is 9.10. The Hall–Kier alpha value is -2.29. The number of benzene rings is 1. The molecular formula is C19H22N4O3S. The van der Waals surface area contributed by atoms with Gasteiger partial charge in [-0.15, -0.1) is 0 Å². The van der Waals surface area contributed by atoms with E-state index in [1.807, 2.05) is 12.1 Å². The summed E-state index contributed by atoms with van der Waals surface area (Å²) in [6.07, 6.45) is 2.34. The van der Waals surface area contributed by atoms with Gasteiger partial charge < -0.3 is 9.26 Å². The summed E-state index contributed by atoms with van der Waals surface area (Å²) in [5.41, 5.74) is 2.09. The van der Waals surface area contributed by atoms with Crippen LogP contribution >= 0.6 is 11.3 Å². The van der Waals surface area contributed by atoms with Crippen LogP contribution in [0.5, 0.6) is 0 Å². The standard InChI is InChI=1S/C19H22N4O3S/c1-14-3-4-15-17(13-14)27-19(21-15)23(18(24)16-5-6-20-26-16)8-2-7-22-9-11-25-12-10-22/h3-6,13H,2,7-12H2,1H3. The third-order valence-corrected chi connectivity index (χ3v) is 5.66. The number of aromatic nitrogens is 2. The van der Waals surface area contributed by atoms with Crippen molar-refractivity contribution >= 4 is 32.6 Å². The Morgan fingerprint density at radius 2 is 2.15 bits per heavy atom. The summed E-state index contributed by atoms with van der Waals surface area (Å²) in [7, 11) is 0. The minimum atomic E-state index is -0.203. The van der Waals surface area contributed by atoms with E-state index in [0.717, 1.165) is 49.5 Å². The van der Waals surface area contributed by atoms with Gasteiger partial charge in [-0.25, -0.2) is 4.98 Å². The van der Waals surface area contributed by atoms with Gasteiger partial charge in [0.05, 0.1) is 29.6 Å². The molecule has 1 fully saturated rings. The second-order valence-electron chi connectivity index (χ2n) is 6.61. The minimum Gasteiger partial charge on any atom is -0.379 e. The molecule has 0 radical (unpaired) electrons. The number of hydrogen-bond donors (Lipinski definition) is 0. The SMILES string of the molecule is Cc1ccc2nc(N(CCCN3CCOCC3)C(=O)c3ccno3)sc2c1. The van der Waals surface area contributed by atoms with Gasteiger partial charge >= 0.3 is 0 Å². The second kappa shape index (κ2) is 8.16. The number of carbonyl (C=O) groups excluding carboxylic acids is 1. The Labute approximate surface area is 161 Å². The van der Waals surface area contributed by atoms with Gasteiger partial charge in [0.1, 0.15) is 0 Å². The molecule has 1 aromatic carbocycles. The van der Waals surface area contributed by atoms with E-state index in [1.54, 1.807) is 11.0 Å². The van der Waals surface area contributed by atoms with Crippen molar-refractivity contribution in [3.8, 4) is 0 Å². The molecule has 0 N–H and O–H groups in total. The van der Waals surface area contributed by atoms with Gasteiger partial charge in [-0.05, 0) is 31.0 Å². The van der Waals surface area contributed by atoms with Crippen LogP contribution in [0.4, 0.5) is 5.13 Å². The van der Waals surface area contributed by atoms with E-state index in [2.05, 4.69) is 28.0 Å². The molecule has 1 amide bonds. The first kappa shape index (κ1) is 18.1. The number of fused-ring (bicyclic) bond motifs is 1. The molecule has 1 aliphatic rings. The molecule has 27 heavy (non-hydrogen) atoms. The molecule has 1 aliphatic heterocycles. The number of nitrogens with zero attached hydrogens (tertiary/aromatic N) is 4. The summed E-state index contributed by atoms with van der Waals surface area (Å²) in [5.74, 6) is 0.0297. The second-order valence-corrected chi connectivity index (χ2v) is 7.62. The molecule has 0 aliphatic carbocycles. The van der Waals surface area contributed by atoms with E-state index in [9.17, 15) is 4.79 Å². The number of thiazole rings is 1. The van der Waals surface area contributed by atoms with Crippen molar-refractivity contribution in [3.05, 3.63) is 41.8 Å². The number of rotatable bonds is 6. The molecule has 1 saturated heterocycles. The van der Waals surface area contributed by atoms with Crippen LogP contribution in [0.1, 0.15) is 22.5 Å². The zero-order chi connectivity index (χ0) is 18.6. The fourth-order valence-corrected chi connectivity index (χ4v) is 4.24. The first-order valence-corrected chi connectivity index (χ1v) is 9.92. The third-order valence-electron chi connectivity index (χ3n) is 4.62. The lowest BCUT2D eigenvalue weighted by Gasteiger charge is -2.27. The number of carbonyl (C=O) groups is 1. The van der Waals surface area contributed by atoms with Gasteiger partial charge in [0.15, 0.2) is 5.13 Å². The maximum atomic E-state index is 13.0. The van der Waals surface area contributed by atoms with Crippen molar-refractivity contribution in [1.82, 2.24) is 15.0 Å². The summed E-state index contributed by atoms with van der Waals surface area (Å²) in [4.78, 5) is 21.7. The predicted octanol–water partition coefficient (Wildman–Crippen LogP) is 2.96. The highest BCUT2D eigenvalue weighted by Crippen LogP contribution is 2.30. The van der Waals surface area contributed by atoms with Crippen LogP contribution < -0.4 is 4.90 Å². The van der Waals surface area contributed by atoms with Gasteiger partial charge in [0, 0.05) is 32.2 Å². The van der Waals surface area contributed by atoms with Crippen molar-refractivity contribution < 1.29 is 14.1 Å². The highest BCUT2D eigenvalue weighted by molar-refractivity contribution is 7.22. The van der Waals surface area contributed by atoms with Gasteiger partial charge in [-0.1, -0.05) is 22.6 Å². The van der Waals surface area contributed by atoms with Gasteiger partial charge in [0.25, 0.3) is 5.91 Å². The van der Waals surface area contributed by atoms with E-state index < -0.39 is 0 Å². The number of anilines is 1. The molecule has 3 aromatic rings. The zero-order valence-electron chi connectivity index (χ0n) is 15.3. The molecule has 3 heterocycles. The minimum absolute atomic E-state index is 0.203. The average molecular weight is 386 g/mol. The Kier molecular flexibility index (Phi) is 5.47. The van der Waals surface area contributed by atoms with Crippen LogP contribution in [0.25, 0.3) is 10.2 Å². The smallest absolute Gasteiger partial charge is 0.298 e. The summed E-state index contributed by atoms with van der Waals surface area (Å²) >= 11 is 1.53. The van der Waals surface area contributed by atoms with Crippen LogP contribution in [0.3, 0.4) is 0 Å². The van der Waals surface area contributed by atoms with Crippen LogP contribution in [0.15, 0.2) is 35.0 Å². The molecule has 4 rings (SSSR count). The molecule has 0 spiro atoms. The maximum absolute atomic E-state index is 13.0. The highest BCUT2D eigenvalue weighted by Gasteiger charge is 2.24. The molecule has 2 aromatic heterocycles. The van der Waals surface area contributed by atoms with Crippen LogP contribution in [-0.2, 0) is 4.74 Å². The van der Waals surface area contributed by atoms with Crippen molar-refractivity contribution in [1.29, 1.82) is 0 Å². The highest BCUT2D eigenvalue weighted by atomic mass is 32.1. The molecule has 0 atom stereocenters. The molecule has 0 saturated carbocycles. The Bertz CT molecular complexity index is 903. The summed E-state index contributed by atoms with van der Waals surface area (Å²) in [6, 6.07) is 7.72. The lowest BCUT2D eigenvalue weighted by Crippen LogP contribution is -2.39. The monoisotopic (exact) mass is 386 g/mol. The molecule has 7 nitrogen and oxygen atoms in total. The van der Waals surface area contributed by atoms with Gasteiger partial charge in [0.2, 0.25) is 5.76 Å². The predicted molar refractivity (Wildman–Crippen MR) is 104 cm³/mol. The van der Waals surface area contributed by atoms with Crippen LogP contribution in [0, 0.1) is 6.92 Å². The zero-order valence-corrected chi connectivity index (χ0v) is 16.1. The van der Waals surface area contributed by atoms with Crippen LogP contribution in [-0.4, -0.2) is 60.3 Å². The van der Waals surface area contributed by atoms with Crippen molar-refractivity contribution in [2.45, 2.75) is 13.3 Å². The van der Waals surface area contributed by atoms with E-state index in [1.165, 1.54) is 23.1 Å². The fraction of sp³-hybridized carbons (Fsp3) is 0.421. The molecule has 142 valence electrons. The topological polar surface area (TPSA) is 71.7 Å². The number of hydrogen-bond acceptors (Lipinski definition) is 7. The third kappa shape index (κ3) is 4.18. The normalized spacial score (nSPS) is 15.3. The lowest BCUT2D eigenvalue weighted by molar-refractivity contribution is 0.0376. The van der Waals surface area contributed by atoms with E-state index in [-0.39, 0.29) is 11.7 Å². The van der Waals surface area contributed by atoms with Gasteiger partial charge in [-0.2, -0.15) is 0 Å². The largest absolute Gasteiger partial charge is 0.379 e. The quantitative estimate of drug-likeness (QED) is 0.649. The van der Waals surface area contributed by atoms with E-state index in [4.69, 9.17) is 9.26 Å². The van der Waals surface area contributed by atoms with Gasteiger partial charge in [-0.3, -0.25) is 14.6 Å². The molecule has 0 unspecified atom stereocenters. The average Bonchev–Trinajstić information content (AvgIpc) is 3.35.